The van der Waals surface area contributed by atoms with Gasteiger partial charge in [-0.1, -0.05) is 71.6 Å². The molecule has 18 heavy (non-hydrogen) atoms. The number of hydrogen-bond acceptors (Lipinski definition) is 1. The Morgan fingerprint density at radius 1 is 0.889 bits per heavy atom. The van der Waals surface area contributed by atoms with Crippen molar-refractivity contribution in [3.63, 3.8) is 0 Å². The van der Waals surface area contributed by atoms with E-state index in [9.17, 15) is 0 Å². The van der Waals surface area contributed by atoms with Crippen molar-refractivity contribution in [2.24, 2.45) is 5.92 Å². The van der Waals surface area contributed by atoms with E-state index < -0.39 is 0 Å². The first-order chi connectivity index (χ1) is 8.86. The van der Waals surface area contributed by atoms with E-state index in [-0.39, 0.29) is 0 Å². The van der Waals surface area contributed by atoms with Crippen LogP contribution in [0.3, 0.4) is 0 Å². The normalized spacial score (nSPS) is 25.0. The van der Waals surface area contributed by atoms with Crippen LogP contribution in [0.5, 0.6) is 0 Å². The van der Waals surface area contributed by atoms with E-state index in [0.717, 1.165) is 12.0 Å². The van der Waals surface area contributed by atoms with Gasteiger partial charge in [0, 0.05) is 6.04 Å². The molecular weight excluding hydrogens is 218 g/mol. The maximum absolute atomic E-state index is 3.75. The first-order valence-corrected chi connectivity index (χ1v) is 8.60. The smallest absolute Gasteiger partial charge is 0.00696 e. The Morgan fingerprint density at radius 3 is 2.44 bits per heavy atom. The fourth-order valence-electron chi connectivity index (χ4n) is 3.29. The van der Waals surface area contributed by atoms with Crippen molar-refractivity contribution in [1.82, 2.24) is 5.32 Å². The van der Waals surface area contributed by atoms with Gasteiger partial charge in [0.25, 0.3) is 0 Å². The molecule has 0 radical (unpaired) electrons. The topological polar surface area (TPSA) is 12.0 Å². The van der Waals surface area contributed by atoms with Gasteiger partial charge >= 0.3 is 0 Å². The minimum Gasteiger partial charge on any atom is -0.314 e. The zero-order valence-electron chi connectivity index (χ0n) is 12.8. The zero-order chi connectivity index (χ0) is 13.1. The molecule has 0 spiro atoms. The third kappa shape index (κ3) is 7.41. The van der Waals surface area contributed by atoms with Gasteiger partial charge in [0.05, 0.1) is 0 Å². The van der Waals surface area contributed by atoms with E-state index in [1.807, 2.05) is 0 Å². The van der Waals surface area contributed by atoms with Crippen molar-refractivity contribution in [2.75, 3.05) is 6.54 Å². The Hall–Kier alpha value is -0.0400. The van der Waals surface area contributed by atoms with Crippen molar-refractivity contribution in [3.8, 4) is 0 Å². The average molecular weight is 253 g/mol. The summed E-state index contributed by atoms with van der Waals surface area (Å²) in [6.45, 7) is 5.79. The van der Waals surface area contributed by atoms with Gasteiger partial charge < -0.3 is 5.32 Å². The Morgan fingerprint density at radius 2 is 1.67 bits per heavy atom. The van der Waals surface area contributed by atoms with Crippen LogP contribution in [-0.4, -0.2) is 12.6 Å². The average Bonchev–Trinajstić information content (AvgIpc) is 2.61. The molecule has 1 aliphatic rings. The minimum absolute atomic E-state index is 0.827. The number of hydrogen-bond donors (Lipinski definition) is 1. The largest absolute Gasteiger partial charge is 0.314 e. The lowest BCUT2D eigenvalue weighted by atomic mass is 9.92. The summed E-state index contributed by atoms with van der Waals surface area (Å²) < 4.78 is 0. The van der Waals surface area contributed by atoms with Gasteiger partial charge in [-0.15, -0.1) is 0 Å². The lowest BCUT2D eigenvalue weighted by Crippen LogP contribution is -2.30. The molecule has 0 amide bonds. The Labute approximate surface area is 115 Å². The molecule has 0 heterocycles. The second-order valence-corrected chi connectivity index (χ2v) is 6.24. The third-order valence-electron chi connectivity index (χ3n) is 4.43. The molecule has 0 saturated heterocycles. The highest BCUT2D eigenvalue weighted by Gasteiger charge is 2.19. The molecule has 1 saturated carbocycles. The summed E-state index contributed by atoms with van der Waals surface area (Å²) in [5.74, 6) is 1.02. The van der Waals surface area contributed by atoms with Crippen molar-refractivity contribution in [3.05, 3.63) is 0 Å². The van der Waals surface area contributed by atoms with Gasteiger partial charge in [-0.05, 0) is 31.7 Å². The molecule has 0 bridgehead atoms. The van der Waals surface area contributed by atoms with Crippen LogP contribution < -0.4 is 5.32 Å². The van der Waals surface area contributed by atoms with Crippen molar-refractivity contribution >= 4 is 0 Å². The molecule has 1 fully saturated rings. The maximum atomic E-state index is 3.75. The van der Waals surface area contributed by atoms with Crippen LogP contribution in [0.15, 0.2) is 0 Å². The summed E-state index contributed by atoms with van der Waals surface area (Å²) in [7, 11) is 0. The Balaban J connectivity index is 2.13. The molecule has 0 aromatic rings. The lowest BCUT2D eigenvalue weighted by molar-refractivity contribution is 0.357. The van der Waals surface area contributed by atoms with E-state index in [4.69, 9.17) is 0 Å². The Bertz CT molecular complexity index is 178. The van der Waals surface area contributed by atoms with Gasteiger partial charge in [0.1, 0.15) is 0 Å². The first-order valence-electron chi connectivity index (χ1n) is 8.60. The molecule has 1 heteroatoms. The molecule has 0 aromatic carbocycles. The van der Waals surface area contributed by atoms with Crippen LogP contribution in [0.2, 0.25) is 0 Å². The second kappa shape index (κ2) is 10.8. The van der Waals surface area contributed by atoms with Crippen LogP contribution in [-0.2, 0) is 0 Å². The van der Waals surface area contributed by atoms with E-state index in [1.54, 1.807) is 0 Å². The van der Waals surface area contributed by atoms with Gasteiger partial charge in [-0.25, -0.2) is 0 Å². The minimum atomic E-state index is 0.827. The molecule has 1 aliphatic carbocycles. The van der Waals surface area contributed by atoms with E-state index in [1.165, 1.54) is 83.6 Å². The van der Waals surface area contributed by atoms with E-state index in [2.05, 4.69) is 19.2 Å². The fraction of sp³-hybridized carbons (Fsp3) is 1.00. The monoisotopic (exact) mass is 253 g/mol. The Kier molecular flexibility index (Phi) is 9.65. The highest BCUT2D eigenvalue weighted by molar-refractivity contribution is 4.76. The fourth-order valence-corrected chi connectivity index (χ4v) is 3.29. The van der Waals surface area contributed by atoms with E-state index >= 15 is 0 Å². The zero-order valence-corrected chi connectivity index (χ0v) is 12.8. The van der Waals surface area contributed by atoms with Crippen LogP contribution in [0.1, 0.15) is 90.9 Å². The molecule has 1 rings (SSSR count). The maximum Gasteiger partial charge on any atom is 0.00696 e. The molecule has 0 aliphatic heterocycles. The standard InChI is InChI=1S/C17H35N/c1-3-5-6-7-8-11-16-12-9-10-13-17(15-16)18-14-4-2/h16-18H,3-15H2,1-2H3. The summed E-state index contributed by atoms with van der Waals surface area (Å²) >= 11 is 0. The van der Waals surface area contributed by atoms with Crippen molar-refractivity contribution < 1.29 is 0 Å². The molecule has 0 aromatic heterocycles. The summed E-state index contributed by atoms with van der Waals surface area (Å²) in [5.41, 5.74) is 0. The third-order valence-corrected chi connectivity index (χ3v) is 4.43. The summed E-state index contributed by atoms with van der Waals surface area (Å²) in [6, 6.07) is 0.827. The van der Waals surface area contributed by atoms with Gasteiger partial charge in [0.15, 0.2) is 0 Å². The predicted molar refractivity (Wildman–Crippen MR) is 82.0 cm³/mol. The molecule has 1 nitrogen and oxygen atoms in total. The van der Waals surface area contributed by atoms with Crippen LogP contribution >= 0.6 is 0 Å². The van der Waals surface area contributed by atoms with Gasteiger partial charge in [0.2, 0.25) is 0 Å². The quantitative estimate of drug-likeness (QED) is 0.434. The van der Waals surface area contributed by atoms with Crippen LogP contribution in [0, 0.1) is 5.92 Å². The lowest BCUT2D eigenvalue weighted by Gasteiger charge is -2.21. The van der Waals surface area contributed by atoms with Crippen LogP contribution in [0.4, 0.5) is 0 Å². The number of nitrogens with one attached hydrogen (secondary N) is 1. The van der Waals surface area contributed by atoms with Gasteiger partial charge in [-0.3, -0.25) is 0 Å². The van der Waals surface area contributed by atoms with E-state index in [0.29, 0.717) is 0 Å². The van der Waals surface area contributed by atoms with Gasteiger partial charge in [-0.2, -0.15) is 0 Å². The van der Waals surface area contributed by atoms with Crippen molar-refractivity contribution in [1.29, 1.82) is 0 Å². The van der Waals surface area contributed by atoms with Crippen molar-refractivity contribution in [2.45, 2.75) is 96.9 Å². The predicted octanol–water partition coefficient (Wildman–Crippen LogP) is 5.30. The number of rotatable bonds is 9. The SMILES string of the molecule is CCCCCCCC1CCCCC(NCCC)C1. The molecule has 2 atom stereocenters. The second-order valence-electron chi connectivity index (χ2n) is 6.24. The summed E-state index contributed by atoms with van der Waals surface area (Å²) in [5, 5.41) is 3.75. The molecule has 1 N–H and O–H groups in total. The first kappa shape index (κ1) is 16.0. The van der Waals surface area contributed by atoms with Crippen LogP contribution in [0.25, 0.3) is 0 Å². The summed E-state index contributed by atoms with van der Waals surface area (Å²) in [6.07, 6.45) is 17.3. The molecule has 108 valence electrons. The molecule has 2 unspecified atom stereocenters. The summed E-state index contributed by atoms with van der Waals surface area (Å²) in [4.78, 5) is 0. The highest BCUT2D eigenvalue weighted by Crippen LogP contribution is 2.27. The molecular formula is C17H35N. The highest BCUT2D eigenvalue weighted by atomic mass is 14.9. The number of unbranched alkanes of at least 4 members (excludes halogenated alkanes) is 4.